The number of hydrogen-bond acceptors (Lipinski definition) is 5. The first-order valence-electron chi connectivity index (χ1n) is 10.7. The number of rotatable bonds is 4. The second-order valence-electron chi connectivity index (χ2n) is 9.03. The SMILES string of the molecule is Cc1cc(C(=O)c2c(C)nn(C)c2OC(=O)c2ccccc2)c(C)c2c1SCCC2(C)C. The Bertz CT molecular complexity index is 1230. The highest BCUT2D eigenvalue weighted by molar-refractivity contribution is 7.99. The number of carbonyl (C=O) groups is 2. The fourth-order valence-electron chi connectivity index (χ4n) is 4.53. The summed E-state index contributed by atoms with van der Waals surface area (Å²) in [7, 11) is 1.68. The van der Waals surface area contributed by atoms with Crippen molar-refractivity contribution in [2.75, 3.05) is 5.75 Å². The lowest BCUT2D eigenvalue weighted by atomic mass is 9.76. The fourth-order valence-corrected chi connectivity index (χ4v) is 6.21. The van der Waals surface area contributed by atoms with Gasteiger partial charge in [0.2, 0.25) is 11.7 Å². The third kappa shape index (κ3) is 3.77. The van der Waals surface area contributed by atoms with Crippen LogP contribution in [0.25, 0.3) is 0 Å². The van der Waals surface area contributed by atoms with Crippen molar-refractivity contribution in [2.24, 2.45) is 7.05 Å². The summed E-state index contributed by atoms with van der Waals surface area (Å²) in [5.74, 6) is 0.569. The van der Waals surface area contributed by atoms with Gasteiger partial charge in [-0.25, -0.2) is 9.48 Å². The van der Waals surface area contributed by atoms with Gasteiger partial charge in [0.1, 0.15) is 5.56 Å². The molecule has 0 saturated carbocycles. The molecule has 0 bridgehead atoms. The lowest BCUT2D eigenvalue weighted by molar-refractivity contribution is 0.0718. The summed E-state index contributed by atoms with van der Waals surface area (Å²) in [6.07, 6.45) is 1.06. The van der Waals surface area contributed by atoms with Crippen molar-refractivity contribution in [3.63, 3.8) is 0 Å². The number of benzene rings is 2. The first-order chi connectivity index (χ1) is 15.1. The van der Waals surface area contributed by atoms with Gasteiger partial charge in [-0.2, -0.15) is 5.10 Å². The van der Waals surface area contributed by atoms with E-state index < -0.39 is 5.97 Å². The second-order valence-corrected chi connectivity index (χ2v) is 10.1. The zero-order chi connectivity index (χ0) is 23.2. The molecule has 1 aliphatic heterocycles. The fraction of sp³-hybridized carbons (Fsp3) is 0.346. The van der Waals surface area contributed by atoms with Crippen LogP contribution in [0.2, 0.25) is 0 Å². The van der Waals surface area contributed by atoms with Gasteiger partial charge in [-0.1, -0.05) is 32.0 Å². The first kappa shape index (κ1) is 22.3. The number of fused-ring (bicyclic) bond motifs is 1. The molecular formula is C26H28N2O3S. The van der Waals surface area contributed by atoms with E-state index in [9.17, 15) is 9.59 Å². The lowest BCUT2D eigenvalue weighted by Gasteiger charge is -2.35. The molecule has 0 radical (unpaired) electrons. The largest absolute Gasteiger partial charge is 0.403 e. The average molecular weight is 449 g/mol. The summed E-state index contributed by atoms with van der Waals surface area (Å²) in [5, 5.41) is 4.39. The highest BCUT2D eigenvalue weighted by atomic mass is 32.2. The summed E-state index contributed by atoms with van der Waals surface area (Å²) in [6.45, 7) is 10.4. The molecule has 0 atom stereocenters. The van der Waals surface area contributed by atoms with Crippen LogP contribution in [0.15, 0.2) is 41.3 Å². The molecule has 32 heavy (non-hydrogen) atoms. The Morgan fingerprint density at radius 2 is 1.81 bits per heavy atom. The van der Waals surface area contributed by atoms with Gasteiger partial charge < -0.3 is 4.74 Å². The number of ketones is 1. The van der Waals surface area contributed by atoms with Gasteiger partial charge >= 0.3 is 5.97 Å². The molecule has 0 fully saturated rings. The molecule has 0 saturated heterocycles. The number of carbonyl (C=O) groups excluding carboxylic acids is 2. The van der Waals surface area contributed by atoms with Crippen molar-refractivity contribution in [1.82, 2.24) is 9.78 Å². The Balaban J connectivity index is 1.80. The van der Waals surface area contributed by atoms with Gasteiger partial charge in [0.15, 0.2) is 0 Å². The predicted octanol–water partition coefficient (Wildman–Crippen LogP) is 5.57. The number of aryl methyl sites for hydroxylation is 3. The molecule has 0 N–H and O–H groups in total. The summed E-state index contributed by atoms with van der Waals surface area (Å²) in [4.78, 5) is 27.8. The molecule has 4 rings (SSSR count). The van der Waals surface area contributed by atoms with Crippen molar-refractivity contribution in [3.8, 4) is 5.88 Å². The molecule has 0 aliphatic carbocycles. The zero-order valence-electron chi connectivity index (χ0n) is 19.4. The third-order valence-electron chi connectivity index (χ3n) is 6.22. The zero-order valence-corrected chi connectivity index (χ0v) is 20.2. The molecule has 1 aliphatic rings. The molecule has 1 aromatic heterocycles. The van der Waals surface area contributed by atoms with Crippen LogP contribution in [0.1, 0.15) is 68.9 Å². The molecule has 2 heterocycles. The minimum absolute atomic E-state index is 0.00168. The average Bonchev–Trinajstić information content (AvgIpc) is 3.02. The number of thioether (sulfide) groups is 1. The maximum absolute atomic E-state index is 13.8. The van der Waals surface area contributed by atoms with Crippen LogP contribution < -0.4 is 4.74 Å². The Hall–Kier alpha value is -2.86. The van der Waals surface area contributed by atoms with E-state index in [2.05, 4.69) is 25.9 Å². The maximum atomic E-state index is 13.8. The molecule has 0 unspecified atom stereocenters. The topological polar surface area (TPSA) is 61.2 Å². The Morgan fingerprint density at radius 3 is 2.50 bits per heavy atom. The van der Waals surface area contributed by atoms with Gasteiger partial charge in [0.05, 0.1) is 11.3 Å². The van der Waals surface area contributed by atoms with E-state index in [1.165, 1.54) is 15.1 Å². The third-order valence-corrected chi connectivity index (χ3v) is 7.44. The Morgan fingerprint density at radius 1 is 1.12 bits per heavy atom. The van der Waals surface area contributed by atoms with Gasteiger partial charge in [-0.05, 0) is 73.2 Å². The summed E-state index contributed by atoms with van der Waals surface area (Å²) >= 11 is 1.87. The highest BCUT2D eigenvalue weighted by Crippen LogP contribution is 2.46. The number of esters is 1. The van der Waals surface area contributed by atoms with Crippen LogP contribution in [0, 0.1) is 20.8 Å². The van der Waals surface area contributed by atoms with Crippen LogP contribution in [0.3, 0.4) is 0 Å². The van der Waals surface area contributed by atoms with Gasteiger partial charge in [0.25, 0.3) is 0 Å². The molecule has 3 aromatic rings. The number of aromatic nitrogens is 2. The molecule has 5 nitrogen and oxygen atoms in total. The van der Waals surface area contributed by atoms with Gasteiger partial charge in [0, 0.05) is 17.5 Å². The van der Waals surface area contributed by atoms with Crippen molar-refractivity contribution >= 4 is 23.5 Å². The summed E-state index contributed by atoms with van der Waals surface area (Å²) in [5.41, 5.74) is 5.29. The summed E-state index contributed by atoms with van der Waals surface area (Å²) in [6, 6.07) is 10.7. The molecule has 0 amide bonds. The minimum atomic E-state index is -0.515. The van der Waals surface area contributed by atoms with Gasteiger partial charge in [-0.3, -0.25) is 4.79 Å². The minimum Gasteiger partial charge on any atom is -0.403 e. The van der Waals surface area contributed by atoms with E-state index in [4.69, 9.17) is 4.74 Å². The molecular weight excluding hydrogens is 420 g/mol. The normalized spacial score (nSPS) is 14.7. The standard InChI is InChI=1S/C26H28N2O3S/c1-15-14-19(16(2)21-23(15)32-13-12-26(21,4)5)22(29)20-17(3)27-28(6)24(20)31-25(30)18-10-8-7-9-11-18/h7-11,14H,12-13H2,1-6H3. The van der Waals surface area contributed by atoms with E-state index in [0.717, 1.165) is 23.3 Å². The molecule has 6 heteroatoms. The Labute approximate surface area is 193 Å². The van der Waals surface area contributed by atoms with E-state index >= 15 is 0 Å². The van der Waals surface area contributed by atoms with E-state index in [1.54, 1.807) is 38.2 Å². The summed E-state index contributed by atoms with van der Waals surface area (Å²) < 4.78 is 7.15. The second kappa shape index (κ2) is 8.24. The molecule has 0 spiro atoms. The number of hydrogen-bond donors (Lipinski definition) is 0. The quantitative estimate of drug-likeness (QED) is 0.386. The van der Waals surface area contributed by atoms with Crippen molar-refractivity contribution in [3.05, 3.63) is 75.5 Å². The van der Waals surface area contributed by atoms with Crippen LogP contribution in [-0.2, 0) is 12.5 Å². The smallest absolute Gasteiger partial charge is 0.344 e. The highest BCUT2D eigenvalue weighted by Gasteiger charge is 2.34. The van der Waals surface area contributed by atoms with Crippen LogP contribution in [0.5, 0.6) is 5.88 Å². The first-order valence-corrected chi connectivity index (χ1v) is 11.7. The van der Waals surface area contributed by atoms with Crippen LogP contribution in [0.4, 0.5) is 0 Å². The monoisotopic (exact) mass is 448 g/mol. The van der Waals surface area contributed by atoms with Crippen molar-refractivity contribution in [1.29, 1.82) is 0 Å². The van der Waals surface area contributed by atoms with Crippen LogP contribution >= 0.6 is 11.8 Å². The van der Waals surface area contributed by atoms with Crippen molar-refractivity contribution < 1.29 is 14.3 Å². The molecule has 2 aromatic carbocycles. The Kier molecular flexibility index (Phi) is 5.76. The lowest BCUT2D eigenvalue weighted by Crippen LogP contribution is -2.26. The van der Waals surface area contributed by atoms with Crippen LogP contribution in [-0.4, -0.2) is 27.3 Å². The maximum Gasteiger partial charge on any atom is 0.344 e. The predicted molar refractivity (Wildman–Crippen MR) is 127 cm³/mol. The van der Waals surface area contributed by atoms with Gasteiger partial charge in [-0.15, -0.1) is 11.8 Å². The van der Waals surface area contributed by atoms with E-state index in [0.29, 0.717) is 22.4 Å². The van der Waals surface area contributed by atoms with Crippen molar-refractivity contribution in [2.45, 2.75) is 51.3 Å². The van der Waals surface area contributed by atoms with E-state index in [-0.39, 0.29) is 17.1 Å². The molecule has 166 valence electrons. The number of ether oxygens (including phenoxy) is 1. The number of nitrogens with zero attached hydrogens (tertiary/aromatic N) is 2. The van der Waals surface area contributed by atoms with E-state index in [1.807, 2.05) is 30.8 Å².